The van der Waals surface area contributed by atoms with Gasteiger partial charge in [0, 0.05) is 30.7 Å². The molecule has 2 aromatic rings. The Balaban J connectivity index is 1.98. The smallest absolute Gasteiger partial charge is 0.137 e. The first kappa shape index (κ1) is 12.5. The van der Waals surface area contributed by atoms with E-state index in [2.05, 4.69) is 34.1 Å². The van der Waals surface area contributed by atoms with E-state index in [4.69, 9.17) is 0 Å². The SMILES string of the molecule is CCC(CSC)NCc1cn2ccccc2n1. The van der Waals surface area contributed by atoms with Crippen LogP contribution in [0.15, 0.2) is 30.6 Å². The van der Waals surface area contributed by atoms with Crippen molar-refractivity contribution in [1.82, 2.24) is 14.7 Å². The zero-order chi connectivity index (χ0) is 12.1. The number of rotatable bonds is 6. The van der Waals surface area contributed by atoms with E-state index < -0.39 is 0 Å². The molecule has 0 aliphatic carbocycles. The molecule has 0 aromatic carbocycles. The van der Waals surface area contributed by atoms with E-state index in [1.54, 1.807) is 0 Å². The predicted molar refractivity (Wildman–Crippen MR) is 74.5 cm³/mol. The molecule has 92 valence electrons. The van der Waals surface area contributed by atoms with Crippen molar-refractivity contribution in [2.45, 2.75) is 25.9 Å². The van der Waals surface area contributed by atoms with Crippen LogP contribution in [-0.4, -0.2) is 27.4 Å². The number of nitrogens with one attached hydrogen (secondary N) is 1. The van der Waals surface area contributed by atoms with Gasteiger partial charge in [-0.05, 0) is 24.8 Å². The lowest BCUT2D eigenvalue weighted by Crippen LogP contribution is -2.30. The molecule has 0 aliphatic heterocycles. The molecule has 0 aliphatic rings. The molecule has 0 bridgehead atoms. The maximum Gasteiger partial charge on any atom is 0.137 e. The van der Waals surface area contributed by atoms with Gasteiger partial charge in [0.15, 0.2) is 0 Å². The van der Waals surface area contributed by atoms with Crippen LogP contribution in [-0.2, 0) is 6.54 Å². The maximum absolute atomic E-state index is 4.57. The van der Waals surface area contributed by atoms with Gasteiger partial charge in [0.2, 0.25) is 0 Å². The van der Waals surface area contributed by atoms with Gasteiger partial charge < -0.3 is 9.72 Å². The Morgan fingerprint density at radius 3 is 3.06 bits per heavy atom. The van der Waals surface area contributed by atoms with Crippen LogP contribution in [0, 0.1) is 0 Å². The van der Waals surface area contributed by atoms with Gasteiger partial charge in [0.05, 0.1) is 5.69 Å². The van der Waals surface area contributed by atoms with Crippen molar-refractivity contribution in [3.63, 3.8) is 0 Å². The number of nitrogens with zero attached hydrogens (tertiary/aromatic N) is 2. The van der Waals surface area contributed by atoms with Crippen LogP contribution >= 0.6 is 11.8 Å². The molecule has 1 atom stereocenters. The molecular weight excluding hydrogens is 230 g/mol. The summed E-state index contributed by atoms with van der Waals surface area (Å²) in [5.41, 5.74) is 2.12. The van der Waals surface area contributed by atoms with Gasteiger partial charge in [0.1, 0.15) is 5.65 Å². The summed E-state index contributed by atoms with van der Waals surface area (Å²) in [6.07, 6.45) is 7.43. The lowest BCUT2D eigenvalue weighted by Gasteiger charge is -2.14. The Morgan fingerprint density at radius 1 is 1.47 bits per heavy atom. The van der Waals surface area contributed by atoms with Crippen molar-refractivity contribution in [2.24, 2.45) is 0 Å². The van der Waals surface area contributed by atoms with Crippen molar-refractivity contribution >= 4 is 17.4 Å². The second-order valence-electron chi connectivity index (χ2n) is 4.14. The van der Waals surface area contributed by atoms with Gasteiger partial charge >= 0.3 is 0 Å². The molecule has 1 N–H and O–H groups in total. The standard InChI is InChI=1S/C13H19N3S/c1-3-11(10-17-2)14-8-12-9-16-7-5-4-6-13(16)15-12/h4-7,9,11,14H,3,8,10H2,1-2H3. The second-order valence-corrected chi connectivity index (χ2v) is 5.05. The number of pyridine rings is 1. The first-order valence-electron chi connectivity index (χ1n) is 5.98. The first-order valence-corrected chi connectivity index (χ1v) is 7.37. The number of aromatic nitrogens is 2. The van der Waals surface area contributed by atoms with Crippen molar-refractivity contribution < 1.29 is 0 Å². The van der Waals surface area contributed by atoms with E-state index >= 15 is 0 Å². The van der Waals surface area contributed by atoms with E-state index in [1.807, 2.05) is 36.2 Å². The van der Waals surface area contributed by atoms with E-state index in [1.165, 1.54) is 0 Å². The number of imidazole rings is 1. The van der Waals surface area contributed by atoms with E-state index in [0.29, 0.717) is 6.04 Å². The third-order valence-corrected chi connectivity index (χ3v) is 3.58. The summed E-state index contributed by atoms with van der Waals surface area (Å²) in [5, 5.41) is 3.55. The summed E-state index contributed by atoms with van der Waals surface area (Å²) in [4.78, 5) is 4.57. The summed E-state index contributed by atoms with van der Waals surface area (Å²) in [7, 11) is 0. The van der Waals surface area contributed by atoms with Crippen LogP contribution in [0.2, 0.25) is 0 Å². The number of hydrogen-bond donors (Lipinski definition) is 1. The van der Waals surface area contributed by atoms with Gasteiger partial charge in [-0.1, -0.05) is 13.0 Å². The molecule has 0 fully saturated rings. The van der Waals surface area contributed by atoms with Crippen molar-refractivity contribution in [2.75, 3.05) is 12.0 Å². The maximum atomic E-state index is 4.57. The third kappa shape index (κ3) is 3.23. The van der Waals surface area contributed by atoms with E-state index in [0.717, 1.165) is 30.1 Å². The molecule has 0 saturated carbocycles. The highest BCUT2D eigenvalue weighted by Crippen LogP contribution is 2.06. The topological polar surface area (TPSA) is 29.3 Å². The fourth-order valence-electron chi connectivity index (χ4n) is 1.84. The zero-order valence-electron chi connectivity index (χ0n) is 10.4. The molecule has 1 unspecified atom stereocenters. The number of thioether (sulfide) groups is 1. The highest BCUT2D eigenvalue weighted by atomic mass is 32.2. The highest BCUT2D eigenvalue weighted by molar-refractivity contribution is 7.98. The fraction of sp³-hybridized carbons (Fsp3) is 0.462. The Bertz CT molecular complexity index is 433. The molecule has 2 aromatic heterocycles. The van der Waals surface area contributed by atoms with Gasteiger partial charge in [-0.25, -0.2) is 4.98 Å². The molecular formula is C13H19N3S. The molecule has 3 nitrogen and oxygen atoms in total. The fourth-order valence-corrected chi connectivity index (χ4v) is 2.60. The molecule has 0 radical (unpaired) electrons. The Morgan fingerprint density at radius 2 is 2.35 bits per heavy atom. The molecule has 17 heavy (non-hydrogen) atoms. The van der Waals surface area contributed by atoms with Crippen LogP contribution in [0.1, 0.15) is 19.0 Å². The van der Waals surface area contributed by atoms with Crippen LogP contribution in [0.3, 0.4) is 0 Å². The Labute approximate surface area is 107 Å². The quantitative estimate of drug-likeness (QED) is 0.853. The summed E-state index contributed by atoms with van der Waals surface area (Å²) >= 11 is 1.89. The number of fused-ring (bicyclic) bond motifs is 1. The zero-order valence-corrected chi connectivity index (χ0v) is 11.2. The minimum atomic E-state index is 0.579. The van der Waals surface area contributed by atoms with Gasteiger partial charge in [-0.15, -0.1) is 0 Å². The normalized spacial score (nSPS) is 13.1. The molecule has 4 heteroatoms. The summed E-state index contributed by atoms with van der Waals surface area (Å²) < 4.78 is 2.06. The summed E-state index contributed by atoms with van der Waals surface area (Å²) in [6.45, 7) is 3.07. The second kappa shape index (κ2) is 6.07. The van der Waals surface area contributed by atoms with E-state index in [9.17, 15) is 0 Å². The van der Waals surface area contributed by atoms with Crippen LogP contribution in [0.25, 0.3) is 5.65 Å². The van der Waals surface area contributed by atoms with Crippen molar-refractivity contribution in [3.05, 3.63) is 36.3 Å². The van der Waals surface area contributed by atoms with Crippen LogP contribution < -0.4 is 5.32 Å². The third-order valence-electron chi connectivity index (χ3n) is 2.85. The monoisotopic (exact) mass is 249 g/mol. The molecule has 2 rings (SSSR count). The molecule has 0 saturated heterocycles. The molecule has 0 amide bonds. The molecule has 2 heterocycles. The highest BCUT2D eigenvalue weighted by Gasteiger charge is 2.06. The average molecular weight is 249 g/mol. The predicted octanol–water partition coefficient (Wildman–Crippen LogP) is 2.57. The Hall–Kier alpha value is -1.00. The van der Waals surface area contributed by atoms with Gasteiger partial charge in [0.25, 0.3) is 0 Å². The summed E-state index contributed by atoms with van der Waals surface area (Å²) in [5.74, 6) is 1.16. The van der Waals surface area contributed by atoms with Crippen LogP contribution in [0.5, 0.6) is 0 Å². The first-order chi connectivity index (χ1) is 8.33. The van der Waals surface area contributed by atoms with Gasteiger partial charge in [-0.3, -0.25) is 0 Å². The minimum Gasteiger partial charge on any atom is -0.308 e. The lowest BCUT2D eigenvalue weighted by atomic mass is 10.2. The van der Waals surface area contributed by atoms with Crippen molar-refractivity contribution in [1.29, 1.82) is 0 Å². The van der Waals surface area contributed by atoms with Crippen molar-refractivity contribution in [3.8, 4) is 0 Å². The Kier molecular flexibility index (Phi) is 4.45. The minimum absolute atomic E-state index is 0.579. The lowest BCUT2D eigenvalue weighted by molar-refractivity contribution is 0.537. The largest absolute Gasteiger partial charge is 0.308 e. The number of hydrogen-bond acceptors (Lipinski definition) is 3. The average Bonchev–Trinajstić information content (AvgIpc) is 2.77. The van der Waals surface area contributed by atoms with Gasteiger partial charge in [-0.2, -0.15) is 11.8 Å². The summed E-state index contributed by atoms with van der Waals surface area (Å²) in [6, 6.07) is 6.65. The molecule has 0 spiro atoms. The van der Waals surface area contributed by atoms with E-state index in [-0.39, 0.29) is 0 Å². The van der Waals surface area contributed by atoms with Crippen LogP contribution in [0.4, 0.5) is 0 Å².